The summed E-state index contributed by atoms with van der Waals surface area (Å²) < 4.78 is 31.6. The Bertz CT molecular complexity index is 374. The Kier molecular flexibility index (Phi) is 5.92. The molecule has 0 aromatic heterocycles. The standard InChI is InChI=1S/C14H23F2NO4/c1-14(2,3)21-13(20)17-11(12(18)19)6-8-4-9(15)7-10(16)5-8/h8-11H,4-7H2,1-3H3,(H,17,20)(H,18,19). The zero-order valence-electron chi connectivity index (χ0n) is 12.6. The molecule has 1 amide bonds. The van der Waals surface area contributed by atoms with E-state index in [9.17, 15) is 18.4 Å². The van der Waals surface area contributed by atoms with Crippen molar-refractivity contribution in [3.05, 3.63) is 0 Å². The van der Waals surface area contributed by atoms with Crippen molar-refractivity contribution < 1.29 is 28.2 Å². The highest BCUT2D eigenvalue weighted by molar-refractivity contribution is 5.80. The molecule has 0 bridgehead atoms. The number of carboxylic acids is 1. The highest BCUT2D eigenvalue weighted by Crippen LogP contribution is 2.31. The van der Waals surface area contributed by atoms with Gasteiger partial charge in [-0.25, -0.2) is 18.4 Å². The fourth-order valence-corrected chi connectivity index (χ4v) is 2.49. The Hall–Kier alpha value is -1.40. The molecule has 3 unspecified atom stereocenters. The van der Waals surface area contributed by atoms with E-state index in [1.807, 2.05) is 0 Å². The number of halogens is 2. The number of hydrogen-bond acceptors (Lipinski definition) is 3. The number of nitrogens with one attached hydrogen (secondary N) is 1. The molecule has 122 valence electrons. The first-order valence-electron chi connectivity index (χ1n) is 7.07. The topological polar surface area (TPSA) is 75.6 Å². The van der Waals surface area contributed by atoms with Gasteiger partial charge in [0.25, 0.3) is 0 Å². The lowest BCUT2D eigenvalue weighted by Crippen LogP contribution is -2.45. The maximum Gasteiger partial charge on any atom is 0.408 e. The minimum absolute atomic E-state index is 0.00455. The highest BCUT2D eigenvalue weighted by Gasteiger charge is 2.33. The molecule has 2 N–H and O–H groups in total. The van der Waals surface area contributed by atoms with Crippen molar-refractivity contribution in [1.29, 1.82) is 0 Å². The second-order valence-corrected chi connectivity index (χ2v) is 6.54. The van der Waals surface area contributed by atoms with Crippen LogP contribution in [0.5, 0.6) is 0 Å². The van der Waals surface area contributed by atoms with Crippen LogP contribution in [-0.2, 0) is 9.53 Å². The van der Waals surface area contributed by atoms with Crippen LogP contribution in [0.15, 0.2) is 0 Å². The largest absolute Gasteiger partial charge is 0.480 e. The molecule has 0 saturated heterocycles. The molecule has 0 aromatic carbocycles. The quantitative estimate of drug-likeness (QED) is 0.837. The summed E-state index contributed by atoms with van der Waals surface area (Å²) in [5.74, 6) is -1.64. The van der Waals surface area contributed by atoms with Crippen molar-refractivity contribution in [2.45, 2.75) is 70.4 Å². The molecule has 0 heterocycles. The van der Waals surface area contributed by atoms with Crippen LogP contribution in [0.4, 0.5) is 13.6 Å². The van der Waals surface area contributed by atoms with E-state index in [4.69, 9.17) is 9.84 Å². The third-order valence-corrected chi connectivity index (χ3v) is 3.25. The van der Waals surface area contributed by atoms with E-state index in [0.717, 1.165) is 0 Å². The number of amides is 1. The van der Waals surface area contributed by atoms with Crippen LogP contribution in [0.3, 0.4) is 0 Å². The second-order valence-electron chi connectivity index (χ2n) is 6.54. The van der Waals surface area contributed by atoms with Gasteiger partial charge in [0.05, 0.1) is 0 Å². The van der Waals surface area contributed by atoms with Crippen LogP contribution >= 0.6 is 0 Å². The number of hydrogen-bond donors (Lipinski definition) is 2. The molecule has 0 radical (unpaired) electrons. The van der Waals surface area contributed by atoms with Crippen LogP contribution in [0, 0.1) is 5.92 Å². The third kappa shape index (κ3) is 6.73. The van der Waals surface area contributed by atoms with Gasteiger partial charge in [-0.05, 0) is 46.0 Å². The zero-order valence-corrected chi connectivity index (χ0v) is 12.6. The van der Waals surface area contributed by atoms with Crippen LogP contribution in [0.2, 0.25) is 0 Å². The summed E-state index contributed by atoms with van der Waals surface area (Å²) in [6.45, 7) is 4.97. The minimum Gasteiger partial charge on any atom is -0.480 e. The molecule has 21 heavy (non-hydrogen) atoms. The van der Waals surface area contributed by atoms with Crippen LogP contribution < -0.4 is 5.32 Å². The molecule has 0 spiro atoms. The molecular formula is C14H23F2NO4. The number of carbonyl (C=O) groups excluding carboxylic acids is 1. The summed E-state index contributed by atoms with van der Waals surface area (Å²) in [6, 6.07) is -1.21. The van der Waals surface area contributed by atoms with Crippen molar-refractivity contribution in [1.82, 2.24) is 5.32 Å². The minimum atomic E-state index is -1.25. The lowest BCUT2D eigenvalue weighted by molar-refractivity contribution is -0.140. The van der Waals surface area contributed by atoms with Gasteiger partial charge < -0.3 is 15.2 Å². The van der Waals surface area contributed by atoms with Gasteiger partial charge in [-0.15, -0.1) is 0 Å². The Morgan fingerprint density at radius 3 is 2.19 bits per heavy atom. The monoisotopic (exact) mass is 307 g/mol. The molecule has 1 aliphatic carbocycles. The normalized spacial score (nSPS) is 27.8. The first kappa shape index (κ1) is 17.7. The molecule has 3 atom stereocenters. The van der Waals surface area contributed by atoms with E-state index >= 15 is 0 Å². The average Bonchev–Trinajstić information content (AvgIpc) is 2.23. The third-order valence-electron chi connectivity index (χ3n) is 3.25. The zero-order chi connectivity index (χ0) is 16.2. The second kappa shape index (κ2) is 7.04. The Balaban J connectivity index is 2.57. The number of carbonyl (C=O) groups is 2. The lowest BCUT2D eigenvalue weighted by Gasteiger charge is -2.29. The number of alkyl carbamates (subject to hydrolysis) is 1. The maximum atomic E-state index is 13.3. The predicted molar refractivity (Wildman–Crippen MR) is 72.5 cm³/mol. The van der Waals surface area contributed by atoms with Crippen molar-refractivity contribution in [3.63, 3.8) is 0 Å². The van der Waals surface area contributed by atoms with Crippen molar-refractivity contribution in [3.8, 4) is 0 Å². The SMILES string of the molecule is CC(C)(C)OC(=O)NC(CC1CC(F)CC(F)C1)C(=O)O. The first-order valence-corrected chi connectivity index (χ1v) is 7.07. The first-order chi connectivity index (χ1) is 9.56. The van der Waals surface area contributed by atoms with E-state index in [1.54, 1.807) is 20.8 Å². The smallest absolute Gasteiger partial charge is 0.408 e. The van der Waals surface area contributed by atoms with Crippen molar-refractivity contribution in [2.24, 2.45) is 5.92 Å². The van der Waals surface area contributed by atoms with Gasteiger partial charge >= 0.3 is 12.1 Å². The van der Waals surface area contributed by atoms with E-state index in [2.05, 4.69) is 5.32 Å². The van der Waals surface area contributed by atoms with Gasteiger partial charge in [-0.2, -0.15) is 0 Å². The lowest BCUT2D eigenvalue weighted by atomic mass is 9.83. The van der Waals surface area contributed by atoms with Crippen LogP contribution in [-0.4, -0.2) is 41.2 Å². The molecule has 1 aliphatic rings. The van der Waals surface area contributed by atoms with Crippen molar-refractivity contribution >= 4 is 12.1 Å². The van der Waals surface area contributed by atoms with Gasteiger partial charge in [0.15, 0.2) is 0 Å². The molecular weight excluding hydrogens is 284 g/mol. The van der Waals surface area contributed by atoms with Gasteiger partial charge in [-0.3, -0.25) is 0 Å². The molecule has 5 nitrogen and oxygen atoms in total. The summed E-state index contributed by atoms with van der Waals surface area (Å²) >= 11 is 0. The van der Waals surface area contributed by atoms with E-state index in [-0.39, 0.29) is 25.7 Å². The molecule has 0 aliphatic heterocycles. The fraction of sp³-hybridized carbons (Fsp3) is 0.857. The Morgan fingerprint density at radius 2 is 1.76 bits per heavy atom. The Morgan fingerprint density at radius 1 is 1.24 bits per heavy atom. The predicted octanol–water partition coefficient (Wildman–Crippen LogP) is 2.83. The van der Waals surface area contributed by atoms with E-state index < -0.39 is 42.0 Å². The van der Waals surface area contributed by atoms with Crippen molar-refractivity contribution in [2.75, 3.05) is 0 Å². The van der Waals surface area contributed by atoms with Crippen LogP contribution in [0.1, 0.15) is 46.5 Å². The number of rotatable bonds is 4. The molecule has 1 rings (SSSR count). The summed E-state index contributed by atoms with van der Waals surface area (Å²) in [5, 5.41) is 11.4. The summed E-state index contributed by atoms with van der Waals surface area (Å²) in [5.41, 5.74) is -0.744. The summed E-state index contributed by atoms with van der Waals surface area (Å²) in [6.07, 6.45) is -3.24. The highest BCUT2D eigenvalue weighted by atomic mass is 19.1. The van der Waals surface area contributed by atoms with Gasteiger partial charge in [0.1, 0.15) is 24.0 Å². The number of alkyl halides is 2. The van der Waals surface area contributed by atoms with Gasteiger partial charge in [-0.1, -0.05) is 0 Å². The Labute approximate surface area is 123 Å². The fourth-order valence-electron chi connectivity index (χ4n) is 2.49. The van der Waals surface area contributed by atoms with E-state index in [1.165, 1.54) is 0 Å². The van der Waals surface area contributed by atoms with Crippen LogP contribution in [0.25, 0.3) is 0 Å². The molecule has 7 heteroatoms. The summed E-state index contributed by atoms with van der Waals surface area (Å²) in [4.78, 5) is 22.8. The molecule has 1 fully saturated rings. The van der Waals surface area contributed by atoms with Gasteiger partial charge in [0, 0.05) is 6.42 Å². The number of carboxylic acid groups (broad SMARTS) is 1. The van der Waals surface area contributed by atoms with Gasteiger partial charge in [0.2, 0.25) is 0 Å². The molecule has 0 aromatic rings. The van der Waals surface area contributed by atoms with E-state index in [0.29, 0.717) is 0 Å². The molecule has 1 saturated carbocycles. The number of ether oxygens (including phenoxy) is 1. The number of aliphatic carboxylic acids is 1. The maximum absolute atomic E-state index is 13.3. The summed E-state index contributed by atoms with van der Waals surface area (Å²) in [7, 11) is 0. The average molecular weight is 307 g/mol.